The van der Waals surface area contributed by atoms with E-state index in [1.54, 1.807) is 40.8 Å². The Morgan fingerprint density at radius 3 is 2.41 bits per heavy atom. The van der Waals surface area contributed by atoms with Gasteiger partial charge >= 0.3 is 0 Å². The first-order valence-corrected chi connectivity index (χ1v) is 10.2. The summed E-state index contributed by atoms with van der Waals surface area (Å²) in [5, 5.41) is 3.78. The first-order valence-electron chi connectivity index (χ1n) is 10.2. The first-order chi connectivity index (χ1) is 15.4. The zero-order valence-corrected chi connectivity index (χ0v) is 19.3. The number of furan rings is 1. The van der Waals surface area contributed by atoms with Crippen LogP contribution in [-0.4, -0.2) is 47.0 Å². The predicted octanol–water partition coefficient (Wildman–Crippen LogP) is 4.68. The van der Waals surface area contributed by atoms with Crippen molar-refractivity contribution in [3.63, 3.8) is 0 Å². The van der Waals surface area contributed by atoms with Crippen LogP contribution in [0.2, 0.25) is 0 Å². The molecular formula is C25H29NO6. The van der Waals surface area contributed by atoms with Crippen molar-refractivity contribution in [2.75, 3.05) is 35.0 Å². The number of nitrogens with one attached hydrogen (secondary N) is 1. The predicted molar refractivity (Wildman–Crippen MR) is 124 cm³/mol. The Bertz CT molecular complexity index is 1130. The van der Waals surface area contributed by atoms with E-state index in [4.69, 9.17) is 23.4 Å². The summed E-state index contributed by atoms with van der Waals surface area (Å²) < 4.78 is 27.2. The van der Waals surface area contributed by atoms with E-state index in [2.05, 4.69) is 5.32 Å². The number of methoxy groups -OCH3 is 4. The van der Waals surface area contributed by atoms with Gasteiger partial charge in [0.1, 0.15) is 11.3 Å². The molecule has 1 unspecified atom stereocenters. The van der Waals surface area contributed by atoms with E-state index in [9.17, 15) is 4.79 Å². The maximum atomic E-state index is 12.4. The maximum Gasteiger partial charge on any atom is 0.244 e. The van der Waals surface area contributed by atoms with Gasteiger partial charge in [-0.2, -0.15) is 0 Å². The molecule has 32 heavy (non-hydrogen) atoms. The van der Waals surface area contributed by atoms with Crippen LogP contribution in [0.4, 0.5) is 0 Å². The number of carbonyl (C=O) groups is 1. The Morgan fingerprint density at radius 1 is 1.03 bits per heavy atom. The zero-order valence-electron chi connectivity index (χ0n) is 19.3. The maximum absolute atomic E-state index is 12.4. The van der Waals surface area contributed by atoms with E-state index in [1.165, 1.54) is 0 Å². The van der Waals surface area contributed by atoms with Crippen LogP contribution in [-0.2, 0) is 9.53 Å². The van der Waals surface area contributed by atoms with Crippen LogP contribution in [0.3, 0.4) is 0 Å². The number of hydrogen-bond donors (Lipinski definition) is 1. The Labute approximate surface area is 187 Å². The van der Waals surface area contributed by atoms with Gasteiger partial charge in [-0.3, -0.25) is 4.79 Å². The fourth-order valence-electron chi connectivity index (χ4n) is 3.61. The van der Waals surface area contributed by atoms with Crippen molar-refractivity contribution in [3.8, 4) is 28.4 Å². The van der Waals surface area contributed by atoms with Gasteiger partial charge in [0.05, 0.1) is 34.2 Å². The SMILES string of the molecule is COCC(C)NC(=O)/C=C(\C)c1cc2c(-c3ccc(OC)c(OC)c3)coc2cc1OC. The summed E-state index contributed by atoms with van der Waals surface area (Å²) in [7, 11) is 6.40. The molecule has 2 aromatic carbocycles. The van der Waals surface area contributed by atoms with Gasteiger partial charge in [0.15, 0.2) is 11.5 Å². The van der Waals surface area contributed by atoms with Gasteiger partial charge in [-0.15, -0.1) is 0 Å². The highest BCUT2D eigenvalue weighted by Gasteiger charge is 2.16. The summed E-state index contributed by atoms with van der Waals surface area (Å²) in [6.45, 7) is 4.20. The fraction of sp³-hybridized carbons (Fsp3) is 0.320. The van der Waals surface area contributed by atoms with E-state index < -0.39 is 0 Å². The molecule has 3 aromatic rings. The lowest BCUT2D eigenvalue weighted by molar-refractivity contribution is -0.117. The van der Waals surface area contributed by atoms with E-state index >= 15 is 0 Å². The Balaban J connectivity index is 2.03. The van der Waals surface area contributed by atoms with Crippen LogP contribution >= 0.6 is 0 Å². The summed E-state index contributed by atoms with van der Waals surface area (Å²) in [4.78, 5) is 12.4. The first kappa shape index (κ1) is 23.2. The van der Waals surface area contributed by atoms with E-state index in [0.29, 0.717) is 29.4 Å². The second kappa shape index (κ2) is 10.2. The Hall–Kier alpha value is -3.45. The monoisotopic (exact) mass is 439 g/mol. The fourth-order valence-corrected chi connectivity index (χ4v) is 3.61. The van der Waals surface area contributed by atoms with Crippen molar-refractivity contribution in [2.45, 2.75) is 19.9 Å². The third-order valence-electron chi connectivity index (χ3n) is 5.17. The normalized spacial score (nSPS) is 12.5. The summed E-state index contributed by atoms with van der Waals surface area (Å²) in [6.07, 6.45) is 3.26. The van der Waals surface area contributed by atoms with Gasteiger partial charge in [0.2, 0.25) is 5.91 Å². The van der Waals surface area contributed by atoms with Crippen molar-refractivity contribution in [1.29, 1.82) is 0 Å². The van der Waals surface area contributed by atoms with Crippen LogP contribution in [0.15, 0.2) is 47.1 Å². The zero-order chi connectivity index (χ0) is 23.3. The van der Waals surface area contributed by atoms with Crippen molar-refractivity contribution < 1.29 is 28.2 Å². The number of amides is 1. The van der Waals surface area contributed by atoms with Crippen LogP contribution in [0, 0.1) is 0 Å². The summed E-state index contributed by atoms with van der Waals surface area (Å²) in [5.74, 6) is 1.71. The molecule has 7 heteroatoms. The second-order valence-corrected chi connectivity index (χ2v) is 7.46. The quantitative estimate of drug-likeness (QED) is 0.488. The highest BCUT2D eigenvalue weighted by molar-refractivity contribution is 6.00. The molecule has 7 nitrogen and oxygen atoms in total. The van der Waals surface area contributed by atoms with Crippen molar-refractivity contribution >= 4 is 22.4 Å². The average Bonchev–Trinajstić information content (AvgIpc) is 3.20. The van der Waals surface area contributed by atoms with Crippen molar-refractivity contribution in [2.24, 2.45) is 0 Å². The Morgan fingerprint density at radius 2 is 1.75 bits per heavy atom. The number of hydrogen-bond acceptors (Lipinski definition) is 6. The van der Waals surface area contributed by atoms with Gasteiger partial charge in [-0.25, -0.2) is 0 Å². The van der Waals surface area contributed by atoms with Gasteiger partial charge in [-0.1, -0.05) is 6.07 Å². The molecule has 1 heterocycles. The molecule has 0 bridgehead atoms. The minimum absolute atomic E-state index is 0.0912. The number of rotatable bonds is 9. The molecule has 3 rings (SSSR count). The van der Waals surface area contributed by atoms with Gasteiger partial charge in [0, 0.05) is 41.8 Å². The molecule has 1 N–H and O–H groups in total. The Kier molecular flexibility index (Phi) is 7.43. The molecule has 0 radical (unpaired) electrons. The molecule has 0 saturated heterocycles. The van der Waals surface area contributed by atoms with Crippen molar-refractivity contribution in [3.05, 3.63) is 48.2 Å². The van der Waals surface area contributed by atoms with E-state index in [0.717, 1.165) is 27.6 Å². The van der Waals surface area contributed by atoms with Gasteiger partial charge in [0.25, 0.3) is 0 Å². The molecule has 1 amide bonds. The van der Waals surface area contributed by atoms with Crippen LogP contribution in [0.25, 0.3) is 27.7 Å². The highest BCUT2D eigenvalue weighted by Crippen LogP contribution is 2.39. The minimum Gasteiger partial charge on any atom is -0.496 e. The topological polar surface area (TPSA) is 79.2 Å². The number of carbonyl (C=O) groups excluding carboxylic acids is 1. The van der Waals surface area contributed by atoms with Gasteiger partial charge < -0.3 is 28.7 Å². The minimum atomic E-state index is -0.193. The average molecular weight is 440 g/mol. The molecule has 0 aliphatic heterocycles. The molecule has 1 aromatic heterocycles. The molecule has 0 spiro atoms. The summed E-state index contributed by atoms with van der Waals surface area (Å²) in [6, 6.07) is 9.42. The standard InChI is InChI=1S/C25H29NO6/c1-15(9-25(27)26-16(2)13-28-3)18-11-19-20(14-32-23(19)12-22(18)30-5)17-7-8-21(29-4)24(10-17)31-6/h7-12,14,16H,13H2,1-6H3,(H,26,27)/b15-9+. The second-order valence-electron chi connectivity index (χ2n) is 7.46. The number of benzene rings is 2. The molecule has 0 aliphatic rings. The lowest BCUT2D eigenvalue weighted by atomic mass is 9.99. The van der Waals surface area contributed by atoms with E-state index in [1.807, 2.05) is 44.2 Å². The molecule has 0 aliphatic carbocycles. The summed E-state index contributed by atoms with van der Waals surface area (Å²) >= 11 is 0. The third kappa shape index (κ3) is 4.89. The van der Waals surface area contributed by atoms with E-state index in [-0.39, 0.29) is 11.9 Å². The van der Waals surface area contributed by atoms with Crippen molar-refractivity contribution in [1.82, 2.24) is 5.32 Å². The van der Waals surface area contributed by atoms with Crippen LogP contribution in [0.1, 0.15) is 19.4 Å². The molecule has 0 fully saturated rings. The molecule has 0 saturated carbocycles. The van der Waals surface area contributed by atoms with Crippen LogP contribution < -0.4 is 19.5 Å². The number of allylic oxidation sites excluding steroid dienone is 1. The molecule has 1 atom stereocenters. The number of ether oxygens (including phenoxy) is 4. The third-order valence-corrected chi connectivity index (χ3v) is 5.17. The highest BCUT2D eigenvalue weighted by atomic mass is 16.5. The lowest BCUT2D eigenvalue weighted by Gasteiger charge is -2.13. The number of fused-ring (bicyclic) bond motifs is 1. The van der Waals surface area contributed by atoms with Crippen LogP contribution in [0.5, 0.6) is 17.2 Å². The molecular weight excluding hydrogens is 410 g/mol. The summed E-state index contributed by atoms with van der Waals surface area (Å²) in [5.41, 5.74) is 4.07. The van der Waals surface area contributed by atoms with Gasteiger partial charge in [-0.05, 0) is 43.2 Å². The largest absolute Gasteiger partial charge is 0.496 e. The smallest absolute Gasteiger partial charge is 0.244 e. The molecule has 170 valence electrons. The lowest BCUT2D eigenvalue weighted by Crippen LogP contribution is -2.34.